The second-order valence-corrected chi connectivity index (χ2v) is 9.07. The lowest BCUT2D eigenvalue weighted by molar-refractivity contribution is -0.384. The highest BCUT2D eigenvalue weighted by atomic mass is 35.5. The van der Waals surface area contributed by atoms with Crippen LogP contribution in [0, 0.1) is 16.0 Å². The zero-order valence-electron chi connectivity index (χ0n) is 18.5. The van der Waals surface area contributed by atoms with Crippen LogP contribution in [0.1, 0.15) is 50.2 Å². The number of hydrogen-bond donors (Lipinski definition) is 1. The van der Waals surface area contributed by atoms with Gasteiger partial charge in [0.1, 0.15) is 0 Å². The Morgan fingerprint density at radius 3 is 2.46 bits per heavy atom. The van der Waals surface area contributed by atoms with Gasteiger partial charge in [-0.05, 0) is 65.9 Å². The molecule has 2 aliphatic rings. The Morgan fingerprint density at radius 1 is 1.03 bits per heavy atom. The number of ketones is 1. The van der Waals surface area contributed by atoms with Crippen molar-refractivity contribution in [3.05, 3.63) is 116 Å². The predicted octanol–water partition coefficient (Wildman–Crippen LogP) is 6.11. The van der Waals surface area contributed by atoms with Crippen molar-refractivity contribution in [1.82, 2.24) is 0 Å². The van der Waals surface area contributed by atoms with Gasteiger partial charge in [0, 0.05) is 34.3 Å². The molecule has 5 rings (SSSR count). The molecule has 3 aromatic rings. The number of nitro groups is 1. The number of carbonyl (C=O) groups excluding carboxylic acids is 2. The molecule has 0 aromatic heterocycles. The molecule has 0 spiro atoms. The zero-order valence-corrected chi connectivity index (χ0v) is 19.3. The first-order valence-electron chi connectivity index (χ1n) is 11.2. The van der Waals surface area contributed by atoms with Gasteiger partial charge in [-0.3, -0.25) is 14.9 Å². The van der Waals surface area contributed by atoms with Gasteiger partial charge in [-0.25, -0.2) is 4.79 Å². The van der Waals surface area contributed by atoms with Crippen LogP contribution in [0.3, 0.4) is 0 Å². The number of nitrogens with one attached hydrogen (secondary N) is 1. The zero-order chi connectivity index (χ0) is 24.5. The monoisotopic (exact) mass is 488 g/mol. The molecule has 0 bridgehead atoms. The van der Waals surface area contributed by atoms with Crippen LogP contribution in [0.5, 0.6) is 0 Å². The second kappa shape index (κ2) is 9.35. The van der Waals surface area contributed by atoms with Crippen molar-refractivity contribution in [2.45, 2.75) is 18.4 Å². The lowest BCUT2D eigenvalue weighted by atomic mass is 9.76. The first-order chi connectivity index (χ1) is 16.9. The first-order valence-corrected chi connectivity index (χ1v) is 11.6. The minimum absolute atomic E-state index is 0.112. The van der Waals surface area contributed by atoms with Crippen LogP contribution in [-0.4, -0.2) is 23.3 Å². The summed E-state index contributed by atoms with van der Waals surface area (Å²) >= 11 is 6.07. The fourth-order valence-corrected chi connectivity index (χ4v) is 4.91. The number of esters is 1. The van der Waals surface area contributed by atoms with Crippen molar-refractivity contribution < 1.29 is 19.2 Å². The molecule has 8 heteroatoms. The van der Waals surface area contributed by atoms with Crippen molar-refractivity contribution in [1.29, 1.82) is 0 Å². The smallest absolute Gasteiger partial charge is 0.338 e. The summed E-state index contributed by atoms with van der Waals surface area (Å²) < 4.78 is 5.25. The normalized spacial score (nSPS) is 19.9. The molecule has 3 aromatic carbocycles. The minimum Gasteiger partial charge on any atom is -0.454 e. The second-order valence-electron chi connectivity index (χ2n) is 8.63. The molecule has 0 amide bonds. The SMILES string of the molecule is O=C(COC(=O)c1ccc2c(c1)[C@@H]1C=CC[C@H]1[C@@H](c1ccc(Cl)cc1)N2)c1ccc([N+](=O)[O-])cc1. The number of benzene rings is 3. The molecular formula is C27H21ClN2O5. The Bertz CT molecular complexity index is 1330. The van der Waals surface area contributed by atoms with E-state index in [0.717, 1.165) is 23.2 Å². The van der Waals surface area contributed by atoms with Gasteiger partial charge in [-0.1, -0.05) is 35.9 Å². The summed E-state index contributed by atoms with van der Waals surface area (Å²) in [4.78, 5) is 35.3. The van der Waals surface area contributed by atoms with E-state index in [1.807, 2.05) is 36.4 Å². The number of halogens is 1. The number of nitro benzene ring substituents is 1. The molecule has 1 heterocycles. The Labute approximate surface area is 206 Å². The number of rotatable bonds is 6. The standard InChI is InChI=1S/C27H21ClN2O5/c28-19-9-4-17(5-10-19)26-22-3-1-2-21(22)23-14-18(8-13-24(23)29-26)27(32)35-15-25(31)16-6-11-20(12-7-16)30(33)34/h1-2,4-14,21-22,26,29H,3,15H2/t21-,22-,26-/m1/s1. The van der Waals surface area contributed by atoms with Gasteiger partial charge in [0.25, 0.3) is 5.69 Å². The van der Waals surface area contributed by atoms with E-state index in [-0.39, 0.29) is 23.2 Å². The Morgan fingerprint density at radius 2 is 1.74 bits per heavy atom. The van der Waals surface area contributed by atoms with Crippen molar-refractivity contribution >= 4 is 34.7 Å². The molecule has 35 heavy (non-hydrogen) atoms. The van der Waals surface area contributed by atoms with Crippen LogP contribution in [-0.2, 0) is 4.74 Å². The number of hydrogen-bond acceptors (Lipinski definition) is 6. The maximum atomic E-state index is 12.7. The van der Waals surface area contributed by atoms with Gasteiger partial charge in [0.2, 0.25) is 0 Å². The summed E-state index contributed by atoms with van der Waals surface area (Å²) in [5.74, 6) is -0.570. The first kappa shape index (κ1) is 22.8. The molecule has 0 radical (unpaired) electrons. The van der Waals surface area contributed by atoms with Crippen molar-refractivity contribution in [2.75, 3.05) is 11.9 Å². The molecule has 176 valence electrons. The molecule has 0 saturated heterocycles. The molecule has 0 saturated carbocycles. The molecule has 7 nitrogen and oxygen atoms in total. The number of non-ortho nitro benzene ring substituents is 1. The van der Waals surface area contributed by atoms with E-state index in [1.54, 1.807) is 6.07 Å². The topological polar surface area (TPSA) is 98.5 Å². The van der Waals surface area contributed by atoms with Crippen molar-refractivity contribution in [3.8, 4) is 0 Å². The summed E-state index contributed by atoms with van der Waals surface area (Å²) in [6.45, 7) is -0.448. The van der Waals surface area contributed by atoms with E-state index in [4.69, 9.17) is 16.3 Å². The van der Waals surface area contributed by atoms with E-state index in [2.05, 4.69) is 17.5 Å². The fraction of sp³-hybridized carbons (Fsp3) is 0.185. The average molecular weight is 489 g/mol. The van der Waals surface area contributed by atoms with Gasteiger partial charge < -0.3 is 10.1 Å². The number of ether oxygens (including phenoxy) is 1. The lowest BCUT2D eigenvalue weighted by Crippen LogP contribution is -2.29. The summed E-state index contributed by atoms with van der Waals surface area (Å²) in [7, 11) is 0. The van der Waals surface area contributed by atoms with E-state index in [9.17, 15) is 19.7 Å². The van der Waals surface area contributed by atoms with E-state index >= 15 is 0 Å². The van der Waals surface area contributed by atoms with E-state index in [0.29, 0.717) is 16.5 Å². The summed E-state index contributed by atoms with van der Waals surface area (Å²) in [5, 5.41) is 15.1. The van der Waals surface area contributed by atoms with Crippen LogP contribution in [0.25, 0.3) is 0 Å². The van der Waals surface area contributed by atoms with Crippen LogP contribution in [0.4, 0.5) is 11.4 Å². The molecule has 0 unspecified atom stereocenters. The molecule has 3 atom stereocenters. The average Bonchev–Trinajstić information content (AvgIpc) is 3.37. The molecule has 1 aliphatic heterocycles. The molecule has 0 fully saturated rings. The number of nitrogens with zero attached hydrogens (tertiary/aromatic N) is 1. The predicted molar refractivity (Wildman–Crippen MR) is 132 cm³/mol. The largest absolute Gasteiger partial charge is 0.454 e. The van der Waals surface area contributed by atoms with Gasteiger partial charge in [0.15, 0.2) is 12.4 Å². The highest BCUT2D eigenvalue weighted by Gasteiger charge is 2.38. The maximum Gasteiger partial charge on any atom is 0.338 e. The summed E-state index contributed by atoms with van der Waals surface area (Å²) in [5.41, 5.74) is 3.63. The molecule has 1 aliphatic carbocycles. The third-order valence-electron chi connectivity index (χ3n) is 6.56. The highest BCUT2D eigenvalue weighted by molar-refractivity contribution is 6.30. The van der Waals surface area contributed by atoms with Gasteiger partial charge in [-0.15, -0.1) is 0 Å². The highest BCUT2D eigenvalue weighted by Crippen LogP contribution is 2.50. The Hall–Kier alpha value is -3.97. The number of Topliss-reactive ketones (excluding diaryl/α,β-unsaturated/α-hetero) is 1. The van der Waals surface area contributed by atoms with Crippen LogP contribution < -0.4 is 5.32 Å². The number of carbonyl (C=O) groups is 2. The minimum atomic E-state index is -0.596. The number of fused-ring (bicyclic) bond motifs is 3. The fourth-order valence-electron chi connectivity index (χ4n) is 4.79. The van der Waals surface area contributed by atoms with Crippen molar-refractivity contribution in [3.63, 3.8) is 0 Å². The Kier molecular flexibility index (Phi) is 6.09. The van der Waals surface area contributed by atoms with Crippen molar-refractivity contribution in [2.24, 2.45) is 5.92 Å². The molecular weight excluding hydrogens is 468 g/mol. The van der Waals surface area contributed by atoms with Gasteiger partial charge in [0.05, 0.1) is 16.5 Å². The van der Waals surface area contributed by atoms with Crippen LogP contribution >= 0.6 is 11.6 Å². The number of anilines is 1. The quantitative estimate of drug-likeness (QED) is 0.148. The van der Waals surface area contributed by atoms with E-state index in [1.165, 1.54) is 24.3 Å². The molecule has 1 N–H and O–H groups in total. The Balaban J connectivity index is 1.30. The summed E-state index contributed by atoms with van der Waals surface area (Å²) in [6.07, 6.45) is 5.27. The van der Waals surface area contributed by atoms with Gasteiger partial charge in [-0.2, -0.15) is 0 Å². The number of allylic oxidation sites excluding steroid dienone is 2. The maximum absolute atomic E-state index is 12.7. The van der Waals surface area contributed by atoms with Crippen LogP contribution in [0.2, 0.25) is 5.02 Å². The summed E-state index contributed by atoms with van der Waals surface area (Å²) in [6, 6.07) is 18.5. The third-order valence-corrected chi connectivity index (χ3v) is 6.81. The van der Waals surface area contributed by atoms with Gasteiger partial charge >= 0.3 is 5.97 Å². The third kappa shape index (κ3) is 4.55. The van der Waals surface area contributed by atoms with Crippen LogP contribution in [0.15, 0.2) is 78.9 Å². The lowest BCUT2D eigenvalue weighted by Gasteiger charge is -2.37. The van der Waals surface area contributed by atoms with E-state index < -0.39 is 23.3 Å².